The molecule has 0 amide bonds. The molecule has 0 saturated carbocycles. The lowest BCUT2D eigenvalue weighted by Crippen LogP contribution is -2.07. The van der Waals surface area contributed by atoms with Gasteiger partial charge in [0.05, 0.1) is 15.9 Å². The van der Waals surface area contributed by atoms with Crippen LogP contribution in [0.3, 0.4) is 0 Å². The molecule has 0 fully saturated rings. The highest BCUT2D eigenvalue weighted by atomic mass is 127. The number of methoxy groups -OCH3 is 1. The van der Waals surface area contributed by atoms with Crippen LogP contribution in [0.5, 0.6) is 0 Å². The van der Waals surface area contributed by atoms with E-state index in [1.165, 1.54) is 0 Å². The molecule has 0 saturated heterocycles. The molecule has 1 aromatic heterocycles. The van der Waals surface area contributed by atoms with Crippen molar-refractivity contribution in [2.75, 3.05) is 26.1 Å². The molecule has 4 nitrogen and oxygen atoms in total. The second-order valence-electron chi connectivity index (χ2n) is 4.01. The Morgan fingerprint density at radius 1 is 1.21 bits per heavy atom. The average Bonchev–Trinajstić information content (AvgIpc) is 2.47. The highest BCUT2D eigenvalue weighted by Gasteiger charge is 2.12. The summed E-state index contributed by atoms with van der Waals surface area (Å²) in [5, 5.41) is 3.12. The van der Waals surface area contributed by atoms with Crippen LogP contribution in [-0.2, 0) is 11.2 Å². The maximum atomic E-state index is 5.09. The van der Waals surface area contributed by atoms with Crippen molar-refractivity contribution in [2.45, 2.75) is 6.42 Å². The van der Waals surface area contributed by atoms with Gasteiger partial charge in [-0.1, -0.05) is 30.3 Å². The van der Waals surface area contributed by atoms with E-state index in [0.29, 0.717) is 13.0 Å². The van der Waals surface area contributed by atoms with Crippen LogP contribution in [-0.4, -0.2) is 30.7 Å². The predicted octanol–water partition coefficient (Wildman–Crippen LogP) is 2.98. The quantitative estimate of drug-likeness (QED) is 0.824. The molecule has 0 atom stereocenters. The van der Waals surface area contributed by atoms with E-state index in [4.69, 9.17) is 4.74 Å². The number of ether oxygens (including phenoxy) is 1. The van der Waals surface area contributed by atoms with Crippen molar-refractivity contribution in [3.63, 3.8) is 0 Å². The molecular weight excluding hydrogens is 353 g/mol. The smallest absolute Gasteiger partial charge is 0.143 e. The van der Waals surface area contributed by atoms with Gasteiger partial charge in [0.15, 0.2) is 0 Å². The van der Waals surface area contributed by atoms with Crippen LogP contribution in [0.4, 0.5) is 5.82 Å². The van der Waals surface area contributed by atoms with Crippen LogP contribution in [0.2, 0.25) is 0 Å². The topological polar surface area (TPSA) is 47.0 Å². The fourth-order valence-electron chi connectivity index (χ4n) is 1.75. The van der Waals surface area contributed by atoms with Gasteiger partial charge in [-0.25, -0.2) is 9.97 Å². The van der Waals surface area contributed by atoms with E-state index < -0.39 is 0 Å². The van der Waals surface area contributed by atoms with Crippen LogP contribution in [0.1, 0.15) is 5.82 Å². The number of halogens is 1. The Kier molecular flexibility index (Phi) is 5.09. The van der Waals surface area contributed by atoms with Gasteiger partial charge < -0.3 is 10.1 Å². The number of hydrogen-bond donors (Lipinski definition) is 1. The van der Waals surface area contributed by atoms with Crippen LogP contribution < -0.4 is 5.32 Å². The van der Waals surface area contributed by atoms with Crippen molar-refractivity contribution in [1.29, 1.82) is 0 Å². The maximum absolute atomic E-state index is 5.09. The van der Waals surface area contributed by atoms with Crippen LogP contribution in [0.25, 0.3) is 11.3 Å². The Labute approximate surface area is 126 Å². The first-order chi connectivity index (χ1) is 9.26. The first kappa shape index (κ1) is 14.2. The third-order valence-corrected chi connectivity index (χ3v) is 3.73. The zero-order valence-corrected chi connectivity index (χ0v) is 13.1. The fourth-order valence-corrected chi connectivity index (χ4v) is 2.57. The van der Waals surface area contributed by atoms with Gasteiger partial charge in [0.25, 0.3) is 0 Å². The Hall–Kier alpha value is -1.21. The van der Waals surface area contributed by atoms with Gasteiger partial charge in [0, 0.05) is 26.1 Å². The zero-order valence-electron chi connectivity index (χ0n) is 11.0. The van der Waals surface area contributed by atoms with Crippen molar-refractivity contribution >= 4 is 28.4 Å². The zero-order chi connectivity index (χ0) is 13.7. The summed E-state index contributed by atoms with van der Waals surface area (Å²) in [6.45, 7) is 0.623. The molecule has 1 aromatic carbocycles. The first-order valence-corrected chi connectivity index (χ1v) is 7.12. The SMILES string of the molecule is CNc1nc(CCOC)nc(-c2ccccc2)c1I. The normalized spacial score (nSPS) is 10.5. The summed E-state index contributed by atoms with van der Waals surface area (Å²) in [5.41, 5.74) is 2.07. The van der Waals surface area contributed by atoms with Crippen molar-refractivity contribution in [2.24, 2.45) is 0 Å². The third kappa shape index (κ3) is 3.42. The minimum atomic E-state index is 0.623. The molecule has 1 N–H and O–H groups in total. The molecule has 0 aliphatic carbocycles. The van der Waals surface area contributed by atoms with Crippen molar-refractivity contribution in [3.05, 3.63) is 39.7 Å². The number of aromatic nitrogens is 2. The van der Waals surface area contributed by atoms with Crippen molar-refractivity contribution in [3.8, 4) is 11.3 Å². The van der Waals surface area contributed by atoms with E-state index in [1.807, 2.05) is 25.2 Å². The number of anilines is 1. The lowest BCUT2D eigenvalue weighted by molar-refractivity contribution is 0.200. The highest BCUT2D eigenvalue weighted by molar-refractivity contribution is 14.1. The third-order valence-electron chi connectivity index (χ3n) is 2.71. The summed E-state index contributed by atoms with van der Waals surface area (Å²) < 4.78 is 6.13. The minimum absolute atomic E-state index is 0.623. The maximum Gasteiger partial charge on any atom is 0.143 e. The summed E-state index contributed by atoms with van der Waals surface area (Å²) >= 11 is 2.28. The lowest BCUT2D eigenvalue weighted by Gasteiger charge is -2.11. The van der Waals surface area contributed by atoms with Gasteiger partial charge >= 0.3 is 0 Å². The van der Waals surface area contributed by atoms with Crippen LogP contribution in [0.15, 0.2) is 30.3 Å². The lowest BCUT2D eigenvalue weighted by atomic mass is 10.1. The Morgan fingerprint density at radius 3 is 2.58 bits per heavy atom. The van der Waals surface area contributed by atoms with Crippen molar-refractivity contribution < 1.29 is 4.74 Å². The summed E-state index contributed by atoms with van der Waals surface area (Å²) in [6, 6.07) is 10.2. The van der Waals surface area contributed by atoms with Gasteiger partial charge in [-0.05, 0) is 22.6 Å². The summed E-state index contributed by atoms with van der Waals surface area (Å²) in [5.74, 6) is 1.66. The molecular formula is C14H16IN3O. The van der Waals surface area contributed by atoms with Crippen molar-refractivity contribution in [1.82, 2.24) is 9.97 Å². The summed E-state index contributed by atoms with van der Waals surface area (Å²) in [4.78, 5) is 9.15. The van der Waals surface area contributed by atoms with Crippen LogP contribution >= 0.6 is 22.6 Å². The van der Waals surface area contributed by atoms with E-state index in [2.05, 4.69) is 50.0 Å². The second-order valence-corrected chi connectivity index (χ2v) is 5.09. The largest absolute Gasteiger partial charge is 0.384 e. The molecule has 0 bridgehead atoms. The van der Waals surface area contributed by atoms with E-state index >= 15 is 0 Å². The van der Waals surface area contributed by atoms with Gasteiger partial charge in [-0.3, -0.25) is 0 Å². The second kappa shape index (κ2) is 6.81. The molecule has 0 aliphatic heterocycles. The van der Waals surface area contributed by atoms with Crippen LogP contribution in [0, 0.1) is 3.57 Å². The molecule has 2 rings (SSSR count). The molecule has 0 unspecified atom stereocenters. The molecule has 0 aliphatic rings. The number of hydrogen-bond acceptors (Lipinski definition) is 4. The molecule has 5 heteroatoms. The fraction of sp³-hybridized carbons (Fsp3) is 0.286. The Bertz CT molecular complexity index is 546. The monoisotopic (exact) mass is 369 g/mol. The van der Waals surface area contributed by atoms with Gasteiger partial charge in [-0.2, -0.15) is 0 Å². The van der Waals surface area contributed by atoms with E-state index in [-0.39, 0.29) is 0 Å². The van der Waals surface area contributed by atoms with E-state index in [9.17, 15) is 0 Å². The Morgan fingerprint density at radius 2 is 1.95 bits per heavy atom. The molecule has 19 heavy (non-hydrogen) atoms. The standard InChI is InChI=1S/C14H16IN3O/c1-16-14-12(15)13(10-6-4-3-5-7-10)17-11(18-14)8-9-19-2/h3-7H,8-9H2,1-2H3,(H,16,17,18). The van der Waals surface area contributed by atoms with Gasteiger partial charge in [0.1, 0.15) is 11.6 Å². The number of rotatable bonds is 5. The molecule has 0 spiro atoms. The summed E-state index contributed by atoms with van der Waals surface area (Å²) in [6.07, 6.45) is 0.710. The Balaban J connectivity index is 2.46. The number of nitrogens with zero attached hydrogens (tertiary/aromatic N) is 2. The number of nitrogens with one attached hydrogen (secondary N) is 1. The average molecular weight is 369 g/mol. The van der Waals surface area contributed by atoms with E-state index in [1.54, 1.807) is 7.11 Å². The minimum Gasteiger partial charge on any atom is -0.384 e. The molecule has 100 valence electrons. The molecule has 0 radical (unpaired) electrons. The summed E-state index contributed by atoms with van der Waals surface area (Å²) in [7, 11) is 3.56. The molecule has 2 aromatic rings. The van der Waals surface area contributed by atoms with E-state index in [0.717, 1.165) is 26.5 Å². The first-order valence-electron chi connectivity index (χ1n) is 6.04. The van der Waals surface area contributed by atoms with Gasteiger partial charge in [-0.15, -0.1) is 0 Å². The predicted molar refractivity (Wildman–Crippen MR) is 85.3 cm³/mol. The molecule has 1 heterocycles. The number of benzene rings is 1. The highest BCUT2D eigenvalue weighted by Crippen LogP contribution is 2.27. The van der Waals surface area contributed by atoms with Gasteiger partial charge in [0.2, 0.25) is 0 Å².